The van der Waals surface area contributed by atoms with Gasteiger partial charge in [0.25, 0.3) is 0 Å². The Kier molecular flexibility index (Phi) is 6.26. The Morgan fingerprint density at radius 3 is 2.36 bits per heavy atom. The predicted octanol–water partition coefficient (Wildman–Crippen LogP) is 3.01. The van der Waals surface area contributed by atoms with E-state index in [-0.39, 0.29) is 6.54 Å². The van der Waals surface area contributed by atoms with Crippen LogP contribution < -0.4 is 0 Å². The average Bonchev–Trinajstić information content (AvgIpc) is 2.37. The lowest BCUT2D eigenvalue weighted by atomic mass is 10.2. The first-order chi connectivity index (χ1) is 10.2. The fourth-order valence-electron chi connectivity index (χ4n) is 1.44. The number of aliphatic carboxylic acids is 1. The van der Waals surface area contributed by atoms with Crippen molar-refractivity contribution in [1.82, 2.24) is 4.90 Å². The standard InChI is InChI=1S/C16H18ClNO4/c1-16(2,3)22-15(21)18(11-14(19)20)10-4-5-12-6-8-13(17)9-7-12/h6-9H,10-11H2,1-3H3,(H,19,20). The first-order valence-corrected chi connectivity index (χ1v) is 6.99. The highest BCUT2D eigenvalue weighted by atomic mass is 35.5. The zero-order valence-electron chi connectivity index (χ0n) is 12.7. The van der Waals surface area contributed by atoms with Crippen LogP contribution in [0, 0.1) is 11.8 Å². The van der Waals surface area contributed by atoms with Gasteiger partial charge in [-0.15, -0.1) is 0 Å². The maximum Gasteiger partial charge on any atom is 0.411 e. The molecule has 1 amide bonds. The van der Waals surface area contributed by atoms with Crippen LogP contribution in [0.1, 0.15) is 26.3 Å². The van der Waals surface area contributed by atoms with Crippen molar-refractivity contribution in [3.8, 4) is 11.8 Å². The second kappa shape index (κ2) is 7.71. The van der Waals surface area contributed by atoms with Crippen molar-refractivity contribution in [3.63, 3.8) is 0 Å². The van der Waals surface area contributed by atoms with E-state index in [9.17, 15) is 9.59 Å². The molecule has 22 heavy (non-hydrogen) atoms. The molecule has 0 aliphatic rings. The summed E-state index contributed by atoms with van der Waals surface area (Å²) in [6, 6.07) is 6.89. The Labute approximate surface area is 134 Å². The molecule has 0 atom stereocenters. The maximum absolute atomic E-state index is 11.9. The molecule has 0 fully saturated rings. The van der Waals surface area contributed by atoms with Gasteiger partial charge in [0.05, 0.1) is 6.54 Å². The summed E-state index contributed by atoms with van der Waals surface area (Å²) in [6.07, 6.45) is -0.708. The van der Waals surface area contributed by atoms with E-state index in [0.29, 0.717) is 5.02 Å². The van der Waals surface area contributed by atoms with E-state index in [1.807, 2.05) is 0 Å². The van der Waals surface area contributed by atoms with Gasteiger partial charge in [0, 0.05) is 10.6 Å². The van der Waals surface area contributed by atoms with E-state index in [0.717, 1.165) is 10.5 Å². The lowest BCUT2D eigenvalue weighted by Crippen LogP contribution is -2.40. The second-order valence-corrected chi connectivity index (χ2v) is 5.98. The number of carbonyl (C=O) groups excluding carboxylic acids is 1. The second-order valence-electron chi connectivity index (χ2n) is 5.54. The van der Waals surface area contributed by atoms with E-state index < -0.39 is 24.2 Å². The molecule has 1 aromatic rings. The number of benzene rings is 1. The summed E-state index contributed by atoms with van der Waals surface area (Å²) < 4.78 is 5.16. The lowest BCUT2D eigenvalue weighted by molar-refractivity contribution is -0.138. The number of hydrogen-bond donors (Lipinski definition) is 1. The number of carboxylic acid groups (broad SMARTS) is 1. The topological polar surface area (TPSA) is 66.8 Å². The smallest absolute Gasteiger partial charge is 0.411 e. The number of carbonyl (C=O) groups is 2. The molecule has 1 rings (SSSR count). The van der Waals surface area contributed by atoms with Crippen LogP contribution in [0.25, 0.3) is 0 Å². The minimum absolute atomic E-state index is 0.0379. The summed E-state index contributed by atoms with van der Waals surface area (Å²) in [5.41, 5.74) is 0.0288. The average molecular weight is 324 g/mol. The van der Waals surface area contributed by atoms with Crippen molar-refractivity contribution in [3.05, 3.63) is 34.9 Å². The van der Waals surface area contributed by atoms with Gasteiger partial charge in [-0.25, -0.2) is 4.79 Å². The lowest BCUT2D eigenvalue weighted by Gasteiger charge is -2.25. The Morgan fingerprint density at radius 2 is 1.86 bits per heavy atom. The zero-order valence-corrected chi connectivity index (χ0v) is 13.5. The van der Waals surface area contributed by atoms with Gasteiger partial charge in [0.15, 0.2) is 0 Å². The van der Waals surface area contributed by atoms with Gasteiger partial charge in [-0.3, -0.25) is 9.69 Å². The Morgan fingerprint density at radius 1 is 1.27 bits per heavy atom. The first-order valence-electron chi connectivity index (χ1n) is 6.61. The number of amides is 1. The summed E-state index contributed by atoms with van der Waals surface area (Å²) >= 11 is 5.77. The maximum atomic E-state index is 11.9. The van der Waals surface area contributed by atoms with E-state index in [4.69, 9.17) is 21.4 Å². The highest BCUT2D eigenvalue weighted by molar-refractivity contribution is 6.30. The molecule has 0 aliphatic carbocycles. The van der Waals surface area contributed by atoms with Crippen molar-refractivity contribution in [2.75, 3.05) is 13.1 Å². The predicted molar refractivity (Wildman–Crippen MR) is 83.8 cm³/mol. The van der Waals surface area contributed by atoms with Crippen LogP contribution in [0.3, 0.4) is 0 Å². The van der Waals surface area contributed by atoms with E-state index in [1.165, 1.54) is 0 Å². The Hall–Kier alpha value is -2.19. The molecule has 0 unspecified atom stereocenters. The van der Waals surface area contributed by atoms with Gasteiger partial charge in [-0.1, -0.05) is 23.4 Å². The van der Waals surface area contributed by atoms with Gasteiger partial charge in [0.1, 0.15) is 12.1 Å². The minimum atomic E-state index is -1.13. The van der Waals surface area contributed by atoms with Gasteiger partial charge < -0.3 is 9.84 Å². The summed E-state index contributed by atoms with van der Waals surface area (Å²) in [5, 5.41) is 9.47. The van der Waals surface area contributed by atoms with Gasteiger partial charge in [-0.05, 0) is 45.0 Å². The van der Waals surface area contributed by atoms with Crippen molar-refractivity contribution in [1.29, 1.82) is 0 Å². The normalized spacial score (nSPS) is 10.4. The van der Waals surface area contributed by atoms with Crippen LogP contribution in [0.2, 0.25) is 5.02 Å². The molecular weight excluding hydrogens is 306 g/mol. The number of rotatable bonds is 3. The van der Waals surface area contributed by atoms with Crippen LogP contribution in [0.5, 0.6) is 0 Å². The molecule has 1 aromatic carbocycles. The number of hydrogen-bond acceptors (Lipinski definition) is 3. The SMILES string of the molecule is CC(C)(C)OC(=O)N(CC#Cc1ccc(Cl)cc1)CC(=O)O. The summed E-state index contributed by atoms with van der Waals surface area (Å²) in [6.45, 7) is 4.63. The van der Waals surface area contributed by atoms with Crippen molar-refractivity contribution in [2.45, 2.75) is 26.4 Å². The van der Waals surface area contributed by atoms with Crippen LogP contribution in [-0.4, -0.2) is 40.8 Å². The zero-order chi connectivity index (χ0) is 16.8. The molecular formula is C16H18ClNO4. The van der Waals surface area contributed by atoms with Crippen LogP contribution in [0.4, 0.5) is 4.79 Å². The van der Waals surface area contributed by atoms with Crippen LogP contribution in [0.15, 0.2) is 24.3 Å². The van der Waals surface area contributed by atoms with Gasteiger partial charge >= 0.3 is 12.1 Å². The number of nitrogens with zero attached hydrogens (tertiary/aromatic N) is 1. The van der Waals surface area contributed by atoms with Crippen LogP contribution in [-0.2, 0) is 9.53 Å². The molecule has 118 valence electrons. The summed E-state index contributed by atoms with van der Waals surface area (Å²) in [7, 11) is 0. The highest BCUT2D eigenvalue weighted by Gasteiger charge is 2.23. The molecule has 0 aromatic heterocycles. The fourth-order valence-corrected chi connectivity index (χ4v) is 1.57. The monoisotopic (exact) mass is 323 g/mol. The minimum Gasteiger partial charge on any atom is -0.480 e. The third kappa shape index (κ3) is 7.00. The number of halogens is 1. The summed E-state index contributed by atoms with van der Waals surface area (Å²) in [5.74, 6) is 4.48. The largest absolute Gasteiger partial charge is 0.480 e. The van der Waals surface area contributed by atoms with Crippen molar-refractivity contribution >= 4 is 23.7 Å². The van der Waals surface area contributed by atoms with E-state index >= 15 is 0 Å². The third-order valence-electron chi connectivity index (χ3n) is 2.32. The molecule has 0 bridgehead atoms. The van der Waals surface area contributed by atoms with E-state index in [1.54, 1.807) is 45.0 Å². The number of ether oxygens (including phenoxy) is 1. The molecule has 0 radical (unpaired) electrons. The van der Waals surface area contributed by atoms with Gasteiger partial charge in [-0.2, -0.15) is 0 Å². The van der Waals surface area contributed by atoms with E-state index in [2.05, 4.69) is 11.8 Å². The molecule has 5 nitrogen and oxygen atoms in total. The van der Waals surface area contributed by atoms with Crippen LogP contribution >= 0.6 is 11.6 Å². The summed E-state index contributed by atoms with van der Waals surface area (Å²) in [4.78, 5) is 23.8. The number of carboxylic acids is 1. The highest BCUT2D eigenvalue weighted by Crippen LogP contribution is 2.10. The molecule has 0 saturated heterocycles. The molecule has 0 saturated carbocycles. The first kappa shape index (κ1) is 17.9. The molecule has 0 heterocycles. The quantitative estimate of drug-likeness (QED) is 0.868. The molecule has 6 heteroatoms. The third-order valence-corrected chi connectivity index (χ3v) is 2.58. The van der Waals surface area contributed by atoms with Crippen molar-refractivity contribution < 1.29 is 19.4 Å². The Bertz CT molecular complexity index is 593. The molecule has 1 N–H and O–H groups in total. The molecule has 0 aliphatic heterocycles. The fraction of sp³-hybridized carbons (Fsp3) is 0.375. The van der Waals surface area contributed by atoms with Gasteiger partial charge in [0.2, 0.25) is 0 Å². The Balaban J connectivity index is 2.75. The molecule has 0 spiro atoms. The van der Waals surface area contributed by atoms with Crippen molar-refractivity contribution in [2.24, 2.45) is 0 Å².